The molecular formula is C20H13ClN2O. The van der Waals surface area contributed by atoms with Crippen molar-refractivity contribution in [3.05, 3.63) is 88.3 Å². The van der Waals surface area contributed by atoms with Crippen molar-refractivity contribution in [1.82, 2.24) is 0 Å². The van der Waals surface area contributed by atoms with Gasteiger partial charge in [0.05, 0.1) is 5.92 Å². The summed E-state index contributed by atoms with van der Waals surface area (Å²) in [5.74, 6) is 0.518. The maximum Gasteiger partial charge on any atom is 0.205 e. The first-order valence-electron chi connectivity index (χ1n) is 7.53. The normalized spacial score (nSPS) is 16.4. The van der Waals surface area contributed by atoms with E-state index in [2.05, 4.69) is 6.07 Å². The molecule has 3 aromatic carbocycles. The lowest BCUT2D eigenvalue weighted by Crippen LogP contribution is -2.21. The molecule has 3 aromatic rings. The highest BCUT2D eigenvalue weighted by molar-refractivity contribution is 6.30. The number of nitrogens with two attached hydrogens (primary N) is 1. The molecule has 0 fully saturated rings. The Morgan fingerprint density at radius 2 is 1.88 bits per heavy atom. The highest BCUT2D eigenvalue weighted by Gasteiger charge is 2.32. The Morgan fingerprint density at radius 1 is 1.04 bits per heavy atom. The van der Waals surface area contributed by atoms with E-state index in [1.54, 1.807) is 0 Å². The molecule has 0 amide bonds. The van der Waals surface area contributed by atoms with Crippen LogP contribution < -0.4 is 10.5 Å². The third kappa shape index (κ3) is 2.20. The summed E-state index contributed by atoms with van der Waals surface area (Å²) in [6, 6.07) is 21.7. The summed E-state index contributed by atoms with van der Waals surface area (Å²) in [7, 11) is 0. The summed E-state index contributed by atoms with van der Waals surface area (Å²) in [5.41, 5.74) is 8.28. The lowest BCUT2D eigenvalue weighted by Gasteiger charge is -2.28. The fourth-order valence-corrected chi connectivity index (χ4v) is 3.46. The number of fused-ring (bicyclic) bond motifs is 3. The smallest absolute Gasteiger partial charge is 0.205 e. The van der Waals surface area contributed by atoms with E-state index in [9.17, 15) is 5.26 Å². The van der Waals surface area contributed by atoms with Crippen LogP contribution in [0.5, 0.6) is 5.75 Å². The minimum Gasteiger partial charge on any atom is -0.440 e. The van der Waals surface area contributed by atoms with Gasteiger partial charge in [0.25, 0.3) is 0 Å². The first-order valence-corrected chi connectivity index (χ1v) is 7.91. The molecule has 0 bridgehead atoms. The fourth-order valence-electron chi connectivity index (χ4n) is 3.26. The van der Waals surface area contributed by atoms with E-state index < -0.39 is 0 Å². The average molecular weight is 333 g/mol. The van der Waals surface area contributed by atoms with Gasteiger partial charge in [-0.1, -0.05) is 54.1 Å². The molecule has 1 atom stereocenters. The van der Waals surface area contributed by atoms with Crippen LogP contribution in [-0.4, -0.2) is 0 Å². The van der Waals surface area contributed by atoms with Crippen LogP contribution in [0.3, 0.4) is 0 Å². The number of allylic oxidation sites excluding steroid dienone is 1. The summed E-state index contributed by atoms with van der Waals surface area (Å²) in [6.07, 6.45) is 0. The van der Waals surface area contributed by atoms with Gasteiger partial charge < -0.3 is 10.5 Å². The minimum absolute atomic E-state index is 0.144. The summed E-state index contributed by atoms with van der Waals surface area (Å²) in [4.78, 5) is 0. The van der Waals surface area contributed by atoms with Gasteiger partial charge in [-0.3, -0.25) is 0 Å². The second-order valence-electron chi connectivity index (χ2n) is 5.68. The predicted octanol–water partition coefficient (Wildman–Crippen LogP) is 4.71. The standard InChI is InChI=1S/C20H13ClN2O/c21-14-6-3-5-13(10-14)18-16(11-22)20(23)24-17-9-8-12-4-1-2-7-15(12)19(17)18/h1-10,18H,23H2/t18-/m0/s1. The first kappa shape index (κ1) is 14.6. The number of nitrogens with zero attached hydrogens (tertiary/aromatic N) is 1. The number of benzene rings is 3. The molecule has 2 N–H and O–H groups in total. The second-order valence-corrected chi connectivity index (χ2v) is 6.11. The van der Waals surface area contributed by atoms with Gasteiger partial charge in [-0.05, 0) is 34.5 Å². The zero-order valence-electron chi connectivity index (χ0n) is 12.7. The molecule has 0 aromatic heterocycles. The van der Waals surface area contributed by atoms with Crippen LogP contribution in [0.1, 0.15) is 17.0 Å². The van der Waals surface area contributed by atoms with Crippen LogP contribution in [-0.2, 0) is 0 Å². The lowest BCUT2D eigenvalue weighted by molar-refractivity contribution is 0.395. The number of hydrogen-bond acceptors (Lipinski definition) is 3. The van der Waals surface area contributed by atoms with E-state index in [0.717, 1.165) is 21.9 Å². The SMILES string of the molecule is N#CC1=C(N)Oc2ccc3ccccc3c2[C@H]1c1cccc(Cl)c1. The predicted molar refractivity (Wildman–Crippen MR) is 94.7 cm³/mol. The van der Waals surface area contributed by atoms with E-state index >= 15 is 0 Å². The van der Waals surface area contributed by atoms with Gasteiger partial charge >= 0.3 is 0 Å². The van der Waals surface area contributed by atoms with E-state index in [1.165, 1.54) is 0 Å². The molecule has 1 aliphatic heterocycles. The Kier molecular flexibility index (Phi) is 3.41. The van der Waals surface area contributed by atoms with Crippen molar-refractivity contribution >= 4 is 22.4 Å². The Hall–Kier alpha value is -2.96. The van der Waals surface area contributed by atoms with Crippen molar-refractivity contribution in [3.63, 3.8) is 0 Å². The Balaban J connectivity index is 2.07. The molecule has 3 nitrogen and oxygen atoms in total. The Bertz CT molecular complexity index is 1030. The molecular weight excluding hydrogens is 320 g/mol. The number of halogens is 1. The topological polar surface area (TPSA) is 59.0 Å². The third-order valence-electron chi connectivity index (χ3n) is 4.30. The maximum atomic E-state index is 9.66. The largest absolute Gasteiger partial charge is 0.440 e. The minimum atomic E-state index is -0.302. The molecule has 116 valence electrons. The number of hydrogen-bond donors (Lipinski definition) is 1. The summed E-state index contributed by atoms with van der Waals surface area (Å²) in [5, 5.41) is 12.4. The molecule has 0 saturated carbocycles. The molecule has 4 heteroatoms. The van der Waals surface area contributed by atoms with Gasteiger partial charge in [-0.2, -0.15) is 5.26 Å². The number of ether oxygens (including phenoxy) is 1. The molecule has 0 radical (unpaired) electrons. The van der Waals surface area contributed by atoms with Gasteiger partial charge in [0, 0.05) is 10.6 Å². The summed E-state index contributed by atoms with van der Waals surface area (Å²) in [6.45, 7) is 0. The van der Waals surface area contributed by atoms with Gasteiger partial charge in [0.2, 0.25) is 5.88 Å². The van der Waals surface area contributed by atoms with Gasteiger partial charge in [-0.15, -0.1) is 0 Å². The maximum absolute atomic E-state index is 9.66. The molecule has 24 heavy (non-hydrogen) atoms. The van der Waals surface area contributed by atoms with Crippen LogP contribution in [0, 0.1) is 11.3 Å². The third-order valence-corrected chi connectivity index (χ3v) is 4.53. The zero-order chi connectivity index (χ0) is 16.7. The van der Waals surface area contributed by atoms with Crippen molar-refractivity contribution in [2.45, 2.75) is 5.92 Å². The van der Waals surface area contributed by atoms with Crippen molar-refractivity contribution in [2.75, 3.05) is 0 Å². The molecule has 4 rings (SSSR count). The molecule has 1 heterocycles. The Morgan fingerprint density at radius 3 is 2.67 bits per heavy atom. The van der Waals surface area contributed by atoms with Crippen LogP contribution in [0.15, 0.2) is 72.1 Å². The number of rotatable bonds is 1. The fraction of sp³-hybridized carbons (Fsp3) is 0.0500. The number of nitriles is 1. The second kappa shape index (κ2) is 5.59. The van der Waals surface area contributed by atoms with Crippen LogP contribution in [0.25, 0.3) is 10.8 Å². The highest BCUT2D eigenvalue weighted by atomic mass is 35.5. The quantitative estimate of drug-likeness (QED) is 0.702. The Labute approximate surface area is 144 Å². The zero-order valence-corrected chi connectivity index (χ0v) is 13.4. The monoisotopic (exact) mass is 332 g/mol. The molecule has 1 aliphatic rings. The average Bonchev–Trinajstić information content (AvgIpc) is 2.60. The van der Waals surface area contributed by atoms with Crippen molar-refractivity contribution in [2.24, 2.45) is 5.73 Å². The summed E-state index contributed by atoms with van der Waals surface area (Å²) >= 11 is 6.18. The molecule has 0 unspecified atom stereocenters. The first-order chi connectivity index (χ1) is 11.7. The molecule has 0 aliphatic carbocycles. The van der Waals surface area contributed by atoms with Crippen molar-refractivity contribution in [1.29, 1.82) is 5.26 Å². The lowest BCUT2D eigenvalue weighted by atomic mass is 9.81. The van der Waals surface area contributed by atoms with Crippen molar-refractivity contribution < 1.29 is 4.74 Å². The molecule has 0 saturated heterocycles. The van der Waals surface area contributed by atoms with Crippen LogP contribution in [0.4, 0.5) is 0 Å². The van der Waals surface area contributed by atoms with Crippen LogP contribution in [0.2, 0.25) is 5.02 Å². The van der Waals surface area contributed by atoms with Gasteiger partial charge in [-0.25, -0.2) is 0 Å². The van der Waals surface area contributed by atoms with E-state index in [1.807, 2.05) is 60.7 Å². The van der Waals surface area contributed by atoms with E-state index in [4.69, 9.17) is 22.1 Å². The van der Waals surface area contributed by atoms with E-state index in [0.29, 0.717) is 16.3 Å². The van der Waals surface area contributed by atoms with Gasteiger partial charge in [0.1, 0.15) is 17.4 Å². The van der Waals surface area contributed by atoms with Crippen LogP contribution >= 0.6 is 11.6 Å². The summed E-state index contributed by atoms with van der Waals surface area (Å²) < 4.78 is 5.73. The molecule has 0 spiro atoms. The van der Waals surface area contributed by atoms with Gasteiger partial charge in [0.15, 0.2) is 0 Å². The van der Waals surface area contributed by atoms with Crippen molar-refractivity contribution in [3.8, 4) is 11.8 Å². The highest BCUT2D eigenvalue weighted by Crippen LogP contribution is 2.45. The van der Waals surface area contributed by atoms with E-state index in [-0.39, 0.29) is 11.8 Å².